The van der Waals surface area contributed by atoms with E-state index in [1.165, 1.54) is 0 Å². The number of carbonyl (C=O) groups is 2. The summed E-state index contributed by atoms with van der Waals surface area (Å²) in [5.74, 6) is -0.558. The Morgan fingerprint density at radius 3 is 2.58 bits per heavy atom. The molecule has 2 atom stereocenters. The zero-order valence-electron chi connectivity index (χ0n) is 14.6. The summed E-state index contributed by atoms with van der Waals surface area (Å²) in [6.07, 6.45) is 4.57. The van der Waals surface area contributed by atoms with Crippen molar-refractivity contribution < 1.29 is 23.9 Å². The average molecular weight is 338 g/mol. The van der Waals surface area contributed by atoms with Crippen molar-refractivity contribution >= 4 is 18.1 Å². The number of nitrogens with zero attached hydrogens (tertiary/aromatic N) is 1. The van der Waals surface area contributed by atoms with Gasteiger partial charge in [0, 0.05) is 12.6 Å². The van der Waals surface area contributed by atoms with Gasteiger partial charge in [0.15, 0.2) is 0 Å². The number of alkyl carbamates (subject to hydrolysis) is 1. The smallest absolute Gasteiger partial charge is 0.407 e. The zero-order valence-corrected chi connectivity index (χ0v) is 14.6. The van der Waals surface area contributed by atoms with Crippen molar-refractivity contribution in [1.29, 1.82) is 0 Å². The van der Waals surface area contributed by atoms with Crippen molar-refractivity contribution in [3.05, 3.63) is 12.7 Å². The first-order valence-electron chi connectivity index (χ1n) is 7.96. The van der Waals surface area contributed by atoms with Crippen LogP contribution in [0.2, 0.25) is 0 Å². The molecule has 1 saturated carbocycles. The standard InChI is InChI=1S/C17H26N2O5/c1-5-14(21)23-6-7-24-15(22)18-11-17(4)9-13(19-12-20)8-16(2,3)10-17/h5,13H,1,6-11H2,2-4H3,(H,18,22). The fraction of sp³-hybridized carbons (Fsp3) is 0.706. The number of isocyanates is 1. The van der Waals surface area contributed by atoms with E-state index in [1.54, 1.807) is 6.08 Å². The van der Waals surface area contributed by atoms with Gasteiger partial charge >= 0.3 is 12.1 Å². The predicted molar refractivity (Wildman–Crippen MR) is 88.2 cm³/mol. The topological polar surface area (TPSA) is 94.1 Å². The van der Waals surface area contributed by atoms with Crippen LogP contribution in [0.25, 0.3) is 0 Å². The van der Waals surface area contributed by atoms with Gasteiger partial charge in [-0.05, 0) is 30.1 Å². The number of ether oxygens (including phenoxy) is 2. The van der Waals surface area contributed by atoms with Crippen LogP contribution in [0.15, 0.2) is 17.6 Å². The van der Waals surface area contributed by atoms with E-state index in [0.29, 0.717) is 13.0 Å². The maximum Gasteiger partial charge on any atom is 0.407 e. The van der Waals surface area contributed by atoms with Gasteiger partial charge in [0.05, 0.1) is 6.04 Å². The first kappa shape index (κ1) is 19.9. The number of nitrogens with one attached hydrogen (secondary N) is 1. The third-order valence-corrected chi connectivity index (χ3v) is 4.04. The molecule has 0 saturated heterocycles. The number of rotatable bonds is 7. The summed E-state index contributed by atoms with van der Waals surface area (Å²) in [5.41, 5.74) is -0.149. The summed E-state index contributed by atoms with van der Waals surface area (Å²) in [6, 6.07) is -0.0765. The molecule has 24 heavy (non-hydrogen) atoms. The van der Waals surface area contributed by atoms with Crippen molar-refractivity contribution in [1.82, 2.24) is 5.32 Å². The lowest BCUT2D eigenvalue weighted by Gasteiger charge is -2.45. The molecule has 0 aliphatic heterocycles. The highest BCUT2D eigenvalue weighted by molar-refractivity contribution is 5.81. The lowest BCUT2D eigenvalue weighted by atomic mass is 9.63. The van der Waals surface area contributed by atoms with Crippen LogP contribution in [0, 0.1) is 10.8 Å². The van der Waals surface area contributed by atoms with Crippen LogP contribution >= 0.6 is 0 Å². The van der Waals surface area contributed by atoms with Crippen molar-refractivity contribution in [3.63, 3.8) is 0 Å². The van der Waals surface area contributed by atoms with Crippen LogP contribution in [0.5, 0.6) is 0 Å². The highest BCUT2D eigenvalue weighted by Crippen LogP contribution is 2.46. The Morgan fingerprint density at radius 1 is 1.29 bits per heavy atom. The summed E-state index contributed by atoms with van der Waals surface area (Å²) < 4.78 is 9.67. The molecule has 0 aromatic carbocycles. The molecule has 1 amide bonds. The van der Waals surface area contributed by atoms with Crippen molar-refractivity contribution in [3.8, 4) is 0 Å². The van der Waals surface area contributed by atoms with E-state index >= 15 is 0 Å². The highest BCUT2D eigenvalue weighted by atomic mass is 16.6. The minimum Gasteiger partial charge on any atom is -0.459 e. The van der Waals surface area contributed by atoms with Gasteiger partial charge in [-0.1, -0.05) is 27.4 Å². The molecular weight excluding hydrogens is 312 g/mol. The first-order valence-corrected chi connectivity index (χ1v) is 7.96. The predicted octanol–water partition coefficient (Wildman–Crippen LogP) is 2.36. The second-order valence-corrected chi connectivity index (χ2v) is 7.30. The van der Waals surface area contributed by atoms with Gasteiger partial charge < -0.3 is 14.8 Å². The van der Waals surface area contributed by atoms with E-state index in [-0.39, 0.29) is 30.1 Å². The third kappa shape index (κ3) is 6.96. The molecule has 0 radical (unpaired) electrons. The quantitative estimate of drug-likeness (QED) is 0.253. The molecule has 0 spiro atoms. The molecule has 7 heteroatoms. The van der Waals surface area contributed by atoms with Crippen molar-refractivity contribution in [2.45, 2.75) is 46.1 Å². The molecule has 2 unspecified atom stereocenters. The highest BCUT2D eigenvalue weighted by Gasteiger charge is 2.41. The molecule has 1 aliphatic carbocycles. The fourth-order valence-electron chi connectivity index (χ4n) is 3.55. The molecule has 1 rings (SSSR count). The Hall–Kier alpha value is -2.14. The molecular formula is C17H26N2O5. The van der Waals surface area contributed by atoms with Crippen LogP contribution in [0.3, 0.4) is 0 Å². The fourth-order valence-corrected chi connectivity index (χ4v) is 3.55. The summed E-state index contributed by atoms with van der Waals surface area (Å²) in [4.78, 5) is 37.0. The van der Waals surface area contributed by atoms with E-state index < -0.39 is 12.1 Å². The maximum absolute atomic E-state index is 11.7. The van der Waals surface area contributed by atoms with Gasteiger partial charge in [-0.15, -0.1) is 0 Å². The Balaban J connectivity index is 2.43. The summed E-state index contributed by atoms with van der Waals surface area (Å²) in [7, 11) is 0. The van der Waals surface area contributed by atoms with Gasteiger partial charge in [-0.3, -0.25) is 0 Å². The largest absolute Gasteiger partial charge is 0.459 e. The van der Waals surface area contributed by atoms with Gasteiger partial charge in [0.2, 0.25) is 6.08 Å². The maximum atomic E-state index is 11.7. The minimum atomic E-state index is -0.565. The molecule has 7 nitrogen and oxygen atoms in total. The van der Waals surface area contributed by atoms with Crippen LogP contribution in [0.4, 0.5) is 4.79 Å². The lowest BCUT2D eigenvalue weighted by Crippen LogP contribution is -2.45. The first-order chi connectivity index (χ1) is 11.2. The molecule has 134 valence electrons. The SMILES string of the molecule is C=CC(=O)OCCOC(=O)NCC1(C)CC(N=C=O)CC(C)(C)C1. The number of aliphatic imine (C=N–C) groups is 1. The van der Waals surface area contributed by atoms with E-state index in [9.17, 15) is 14.4 Å². The molecule has 0 heterocycles. The number of amides is 1. The second kappa shape index (κ2) is 8.64. The summed E-state index contributed by atoms with van der Waals surface area (Å²) >= 11 is 0. The van der Waals surface area contributed by atoms with Crippen LogP contribution < -0.4 is 5.32 Å². The molecule has 1 fully saturated rings. The second-order valence-electron chi connectivity index (χ2n) is 7.30. The number of carbonyl (C=O) groups excluding carboxylic acids is 3. The molecule has 0 bridgehead atoms. The molecule has 1 aliphatic rings. The number of hydrogen-bond acceptors (Lipinski definition) is 6. The Morgan fingerprint density at radius 2 is 1.96 bits per heavy atom. The van der Waals surface area contributed by atoms with Gasteiger partial charge in [0.1, 0.15) is 13.2 Å². The van der Waals surface area contributed by atoms with Gasteiger partial charge in [0.25, 0.3) is 0 Å². The van der Waals surface area contributed by atoms with E-state index in [1.807, 2.05) is 0 Å². The van der Waals surface area contributed by atoms with Crippen LogP contribution in [-0.2, 0) is 19.1 Å². The zero-order chi connectivity index (χ0) is 18.2. The number of esters is 1. The van der Waals surface area contributed by atoms with Crippen molar-refractivity contribution in [2.24, 2.45) is 15.8 Å². The number of hydrogen-bond donors (Lipinski definition) is 1. The lowest BCUT2D eigenvalue weighted by molar-refractivity contribution is -0.138. The van der Waals surface area contributed by atoms with Crippen LogP contribution in [0.1, 0.15) is 40.0 Å². The molecule has 0 aromatic rings. The molecule has 0 aromatic heterocycles. The van der Waals surface area contributed by atoms with Gasteiger partial charge in [-0.25, -0.2) is 19.4 Å². The van der Waals surface area contributed by atoms with Gasteiger partial charge in [-0.2, -0.15) is 0 Å². The van der Waals surface area contributed by atoms with E-state index in [4.69, 9.17) is 9.47 Å². The molecule has 1 N–H and O–H groups in total. The summed E-state index contributed by atoms with van der Waals surface area (Å²) in [5, 5.41) is 2.73. The average Bonchev–Trinajstić information content (AvgIpc) is 2.47. The monoisotopic (exact) mass is 338 g/mol. The van der Waals surface area contributed by atoms with Crippen molar-refractivity contribution in [2.75, 3.05) is 19.8 Å². The van der Waals surface area contributed by atoms with E-state index in [0.717, 1.165) is 18.9 Å². The Labute approximate surface area is 142 Å². The Kier molecular flexibility index (Phi) is 7.17. The normalized spacial score (nSPS) is 25.0. The Bertz CT molecular complexity index is 525. The van der Waals surface area contributed by atoms with Crippen LogP contribution in [-0.4, -0.2) is 43.9 Å². The van der Waals surface area contributed by atoms with E-state index in [2.05, 4.69) is 37.7 Å². The third-order valence-electron chi connectivity index (χ3n) is 4.04. The minimum absolute atomic E-state index is 0.0152. The summed E-state index contributed by atoms with van der Waals surface area (Å²) in [6.45, 7) is 9.97.